The molecular weight excluding hydrogens is 290 g/mol. The van der Waals surface area contributed by atoms with Gasteiger partial charge in [0.1, 0.15) is 11.6 Å². The number of carbonyl (C=O) groups is 1. The normalized spacial score (nSPS) is 13.4. The molecule has 1 aromatic carbocycles. The van der Waals surface area contributed by atoms with Gasteiger partial charge in [-0.1, -0.05) is 12.1 Å². The van der Waals surface area contributed by atoms with Crippen molar-refractivity contribution in [2.45, 2.75) is 25.3 Å². The first kappa shape index (κ1) is 15.3. The molecule has 120 valence electrons. The van der Waals surface area contributed by atoms with E-state index in [-0.39, 0.29) is 5.91 Å². The molecule has 1 aliphatic carbocycles. The number of rotatable bonds is 7. The van der Waals surface area contributed by atoms with Crippen LogP contribution < -0.4 is 15.4 Å². The zero-order chi connectivity index (χ0) is 16.1. The SMILES string of the molecule is COc1ccc(CCNc2ccc(C(=O)NC3CC3)cn2)cc1. The molecule has 3 rings (SSSR count). The Morgan fingerprint density at radius 2 is 2.00 bits per heavy atom. The Kier molecular flexibility index (Phi) is 4.76. The lowest BCUT2D eigenvalue weighted by molar-refractivity contribution is 0.0951. The van der Waals surface area contributed by atoms with Crippen molar-refractivity contribution in [2.75, 3.05) is 19.0 Å². The molecular formula is C18H21N3O2. The molecule has 23 heavy (non-hydrogen) atoms. The maximum absolute atomic E-state index is 11.9. The number of methoxy groups -OCH3 is 1. The highest BCUT2D eigenvalue weighted by molar-refractivity contribution is 5.94. The standard InChI is InChI=1S/C18H21N3O2/c1-23-16-7-2-13(3-8-16)10-11-19-17-9-4-14(12-20-17)18(22)21-15-5-6-15/h2-4,7-9,12,15H,5-6,10-11H2,1H3,(H,19,20)(H,21,22). The second kappa shape index (κ2) is 7.13. The highest BCUT2D eigenvalue weighted by atomic mass is 16.5. The summed E-state index contributed by atoms with van der Waals surface area (Å²) in [6.45, 7) is 0.785. The van der Waals surface area contributed by atoms with Crippen LogP contribution in [0, 0.1) is 0 Å². The number of hydrogen-bond donors (Lipinski definition) is 2. The summed E-state index contributed by atoms with van der Waals surface area (Å²) in [7, 11) is 1.66. The van der Waals surface area contributed by atoms with Crippen LogP contribution in [0.1, 0.15) is 28.8 Å². The summed E-state index contributed by atoms with van der Waals surface area (Å²) < 4.78 is 5.14. The van der Waals surface area contributed by atoms with Gasteiger partial charge in [-0.05, 0) is 49.1 Å². The first-order chi connectivity index (χ1) is 11.2. The largest absolute Gasteiger partial charge is 0.497 e. The van der Waals surface area contributed by atoms with Crippen molar-refractivity contribution >= 4 is 11.7 Å². The summed E-state index contributed by atoms with van der Waals surface area (Å²) >= 11 is 0. The van der Waals surface area contributed by atoms with Crippen LogP contribution in [-0.2, 0) is 6.42 Å². The van der Waals surface area contributed by atoms with Crippen LogP contribution in [0.15, 0.2) is 42.6 Å². The minimum atomic E-state index is -0.0372. The van der Waals surface area contributed by atoms with Gasteiger partial charge in [0, 0.05) is 18.8 Å². The smallest absolute Gasteiger partial charge is 0.253 e. The molecule has 0 unspecified atom stereocenters. The average molecular weight is 311 g/mol. The predicted octanol–water partition coefficient (Wildman–Crippen LogP) is 2.64. The van der Waals surface area contributed by atoms with Gasteiger partial charge in [-0.15, -0.1) is 0 Å². The Hall–Kier alpha value is -2.56. The number of ether oxygens (including phenoxy) is 1. The molecule has 5 heteroatoms. The number of nitrogens with one attached hydrogen (secondary N) is 2. The topological polar surface area (TPSA) is 63.2 Å². The molecule has 2 N–H and O–H groups in total. The third kappa shape index (κ3) is 4.45. The first-order valence-corrected chi connectivity index (χ1v) is 7.88. The van der Waals surface area contributed by atoms with Gasteiger partial charge < -0.3 is 15.4 Å². The van der Waals surface area contributed by atoms with Gasteiger partial charge in [-0.25, -0.2) is 4.98 Å². The average Bonchev–Trinajstić information content (AvgIpc) is 3.40. The van der Waals surface area contributed by atoms with E-state index in [1.807, 2.05) is 18.2 Å². The molecule has 0 radical (unpaired) electrons. The number of amides is 1. The van der Waals surface area contributed by atoms with Crippen LogP contribution in [0.4, 0.5) is 5.82 Å². The fourth-order valence-corrected chi connectivity index (χ4v) is 2.26. The van der Waals surface area contributed by atoms with Crippen LogP contribution >= 0.6 is 0 Å². The Morgan fingerprint density at radius 1 is 1.22 bits per heavy atom. The number of pyridine rings is 1. The zero-order valence-corrected chi connectivity index (χ0v) is 13.2. The first-order valence-electron chi connectivity index (χ1n) is 7.88. The van der Waals surface area contributed by atoms with E-state index in [1.165, 1.54) is 5.56 Å². The van der Waals surface area contributed by atoms with Crippen molar-refractivity contribution in [3.8, 4) is 5.75 Å². The molecule has 1 fully saturated rings. The van der Waals surface area contributed by atoms with E-state index >= 15 is 0 Å². The summed E-state index contributed by atoms with van der Waals surface area (Å²) in [5, 5.41) is 6.22. The number of hydrogen-bond acceptors (Lipinski definition) is 4. The van der Waals surface area contributed by atoms with E-state index in [1.54, 1.807) is 19.4 Å². The Balaban J connectivity index is 1.46. The number of benzene rings is 1. The maximum Gasteiger partial charge on any atom is 0.253 e. The van der Waals surface area contributed by atoms with Crippen LogP contribution in [-0.4, -0.2) is 30.6 Å². The minimum absolute atomic E-state index is 0.0372. The van der Waals surface area contributed by atoms with E-state index < -0.39 is 0 Å². The molecule has 0 spiro atoms. The molecule has 0 bridgehead atoms. The maximum atomic E-state index is 11.9. The molecule has 0 atom stereocenters. The second-order valence-electron chi connectivity index (χ2n) is 5.70. The Morgan fingerprint density at radius 3 is 2.61 bits per heavy atom. The summed E-state index contributed by atoms with van der Waals surface area (Å²) in [5.74, 6) is 1.61. The summed E-state index contributed by atoms with van der Waals surface area (Å²) in [6, 6.07) is 12.0. The summed E-state index contributed by atoms with van der Waals surface area (Å²) in [6.07, 6.45) is 4.69. The van der Waals surface area contributed by atoms with Crippen molar-refractivity contribution in [1.82, 2.24) is 10.3 Å². The predicted molar refractivity (Wildman–Crippen MR) is 89.9 cm³/mol. The van der Waals surface area contributed by atoms with Gasteiger partial charge in [0.2, 0.25) is 0 Å². The van der Waals surface area contributed by atoms with Crippen LogP contribution in [0.2, 0.25) is 0 Å². The minimum Gasteiger partial charge on any atom is -0.497 e. The zero-order valence-electron chi connectivity index (χ0n) is 13.2. The van der Waals surface area contributed by atoms with E-state index in [0.29, 0.717) is 11.6 Å². The van der Waals surface area contributed by atoms with Gasteiger partial charge in [-0.2, -0.15) is 0 Å². The van der Waals surface area contributed by atoms with Crippen molar-refractivity contribution in [2.24, 2.45) is 0 Å². The van der Waals surface area contributed by atoms with E-state index in [2.05, 4.69) is 27.8 Å². The Bertz CT molecular complexity index is 649. The monoisotopic (exact) mass is 311 g/mol. The molecule has 1 saturated carbocycles. The van der Waals surface area contributed by atoms with Crippen LogP contribution in [0.5, 0.6) is 5.75 Å². The van der Waals surface area contributed by atoms with E-state index in [9.17, 15) is 4.79 Å². The lowest BCUT2D eigenvalue weighted by Gasteiger charge is -2.07. The van der Waals surface area contributed by atoms with Crippen molar-refractivity contribution in [1.29, 1.82) is 0 Å². The van der Waals surface area contributed by atoms with Gasteiger partial charge in [0.15, 0.2) is 0 Å². The quantitative estimate of drug-likeness (QED) is 0.825. The lowest BCUT2D eigenvalue weighted by Crippen LogP contribution is -2.25. The third-order valence-corrected chi connectivity index (χ3v) is 3.82. The number of nitrogens with zero attached hydrogens (tertiary/aromatic N) is 1. The van der Waals surface area contributed by atoms with Crippen molar-refractivity contribution < 1.29 is 9.53 Å². The fraction of sp³-hybridized carbons (Fsp3) is 0.333. The highest BCUT2D eigenvalue weighted by Gasteiger charge is 2.23. The van der Waals surface area contributed by atoms with Crippen LogP contribution in [0.25, 0.3) is 0 Å². The Labute approximate surface area is 136 Å². The molecule has 2 aromatic rings. The van der Waals surface area contributed by atoms with Gasteiger partial charge in [-0.3, -0.25) is 4.79 Å². The number of aromatic nitrogens is 1. The molecule has 1 aliphatic rings. The van der Waals surface area contributed by atoms with E-state index in [0.717, 1.165) is 37.4 Å². The molecule has 0 aliphatic heterocycles. The van der Waals surface area contributed by atoms with Gasteiger partial charge >= 0.3 is 0 Å². The van der Waals surface area contributed by atoms with Gasteiger partial charge in [0.25, 0.3) is 5.91 Å². The molecule has 5 nitrogen and oxygen atoms in total. The summed E-state index contributed by atoms with van der Waals surface area (Å²) in [5.41, 5.74) is 1.84. The summed E-state index contributed by atoms with van der Waals surface area (Å²) in [4.78, 5) is 16.2. The van der Waals surface area contributed by atoms with Gasteiger partial charge in [0.05, 0.1) is 12.7 Å². The third-order valence-electron chi connectivity index (χ3n) is 3.82. The molecule has 1 aromatic heterocycles. The number of carbonyl (C=O) groups excluding carboxylic acids is 1. The van der Waals surface area contributed by atoms with Crippen molar-refractivity contribution in [3.05, 3.63) is 53.7 Å². The highest BCUT2D eigenvalue weighted by Crippen LogP contribution is 2.19. The van der Waals surface area contributed by atoms with E-state index in [4.69, 9.17) is 4.74 Å². The molecule has 1 amide bonds. The number of anilines is 1. The second-order valence-corrected chi connectivity index (χ2v) is 5.70. The molecule has 0 saturated heterocycles. The lowest BCUT2D eigenvalue weighted by atomic mass is 10.1. The van der Waals surface area contributed by atoms with Crippen molar-refractivity contribution in [3.63, 3.8) is 0 Å². The van der Waals surface area contributed by atoms with Crippen LogP contribution in [0.3, 0.4) is 0 Å². The fourth-order valence-electron chi connectivity index (χ4n) is 2.26. The molecule has 1 heterocycles.